The van der Waals surface area contributed by atoms with Crippen molar-refractivity contribution in [3.63, 3.8) is 0 Å². The SMILES string of the molecule is CC(C)(CNCCl)c1ccc2c(c1)CCCO2. The summed E-state index contributed by atoms with van der Waals surface area (Å²) in [6, 6.07) is 7.05. The fourth-order valence-electron chi connectivity index (χ4n) is 2.24. The molecule has 0 spiro atoms. The molecule has 0 atom stereocenters. The van der Waals surface area contributed by atoms with Crippen LogP contribution in [-0.2, 0) is 11.8 Å². The van der Waals surface area contributed by atoms with Gasteiger partial charge in [0.25, 0.3) is 0 Å². The van der Waals surface area contributed by atoms with E-state index in [1.54, 1.807) is 0 Å². The first-order chi connectivity index (χ1) is 8.13. The molecular weight excluding hydrogens is 234 g/mol. The molecule has 0 radical (unpaired) electrons. The molecule has 1 aromatic rings. The van der Waals surface area contributed by atoms with Gasteiger partial charge in [-0.3, -0.25) is 0 Å². The Morgan fingerprint density at radius 2 is 2.24 bits per heavy atom. The number of ether oxygens (including phenoxy) is 1. The quantitative estimate of drug-likeness (QED) is 0.658. The minimum absolute atomic E-state index is 0.0986. The van der Waals surface area contributed by atoms with Gasteiger partial charge in [-0.15, -0.1) is 11.6 Å². The van der Waals surface area contributed by atoms with Crippen LogP contribution in [-0.4, -0.2) is 19.2 Å². The van der Waals surface area contributed by atoms with E-state index in [-0.39, 0.29) is 5.41 Å². The van der Waals surface area contributed by atoms with E-state index in [0.29, 0.717) is 6.00 Å². The Morgan fingerprint density at radius 3 is 3.00 bits per heavy atom. The third-order valence-corrected chi connectivity index (χ3v) is 3.54. The molecule has 0 bridgehead atoms. The van der Waals surface area contributed by atoms with Crippen LogP contribution in [0.2, 0.25) is 0 Å². The maximum Gasteiger partial charge on any atom is 0.122 e. The second kappa shape index (κ2) is 5.28. The average molecular weight is 254 g/mol. The molecule has 0 saturated heterocycles. The topological polar surface area (TPSA) is 21.3 Å². The molecule has 2 rings (SSSR count). The Kier molecular flexibility index (Phi) is 3.95. The van der Waals surface area contributed by atoms with Crippen molar-refractivity contribution < 1.29 is 4.74 Å². The molecule has 0 aliphatic carbocycles. The summed E-state index contributed by atoms with van der Waals surface area (Å²) in [7, 11) is 0. The molecule has 0 aromatic heterocycles. The summed E-state index contributed by atoms with van der Waals surface area (Å²) < 4.78 is 5.64. The highest BCUT2D eigenvalue weighted by Crippen LogP contribution is 2.30. The Balaban J connectivity index is 2.20. The Labute approximate surface area is 108 Å². The molecule has 0 unspecified atom stereocenters. The van der Waals surface area contributed by atoms with Crippen molar-refractivity contribution in [3.8, 4) is 5.75 Å². The molecular formula is C14H20ClNO. The first-order valence-electron chi connectivity index (χ1n) is 6.16. The summed E-state index contributed by atoms with van der Waals surface area (Å²) in [6.07, 6.45) is 2.25. The lowest BCUT2D eigenvalue weighted by molar-refractivity contribution is 0.288. The van der Waals surface area contributed by atoms with Crippen LogP contribution in [0.4, 0.5) is 0 Å². The maximum absolute atomic E-state index is 5.68. The van der Waals surface area contributed by atoms with E-state index in [2.05, 4.69) is 37.4 Å². The molecule has 1 N–H and O–H groups in total. The molecule has 1 aliphatic heterocycles. The molecule has 1 heterocycles. The molecule has 1 aliphatic rings. The monoisotopic (exact) mass is 253 g/mol. The second-order valence-corrected chi connectivity index (χ2v) is 5.49. The number of fused-ring (bicyclic) bond motifs is 1. The van der Waals surface area contributed by atoms with E-state index < -0.39 is 0 Å². The van der Waals surface area contributed by atoms with E-state index in [0.717, 1.165) is 31.7 Å². The lowest BCUT2D eigenvalue weighted by Gasteiger charge is -2.27. The number of rotatable bonds is 4. The zero-order valence-electron chi connectivity index (χ0n) is 10.6. The van der Waals surface area contributed by atoms with Crippen molar-refractivity contribution >= 4 is 11.6 Å². The van der Waals surface area contributed by atoms with Gasteiger partial charge in [0.1, 0.15) is 5.75 Å². The highest BCUT2D eigenvalue weighted by atomic mass is 35.5. The van der Waals surface area contributed by atoms with Gasteiger partial charge in [-0.25, -0.2) is 0 Å². The Hall–Kier alpha value is -0.730. The predicted molar refractivity (Wildman–Crippen MR) is 72.0 cm³/mol. The highest BCUT2D eigenvalue weighted by molar-refractivity contribution is 6.17. The number of benzene rings is 1. The predicted octanol–water partition coefficient (Wildman–Crippen LogP) is 3.08. The van der Waals surface area contributed by atoms with Crippen molar-refractivity contribution in [1.82, 2.24) is 5.32 Å². The normalized spacial score (nSPS) is 15.2. The summed E-state index contributed by atoms with van der Waals surface area (Å²) in [5.41, 5.74) is 2.79. The van der Waals surface area contributed by atoms with Crippen molar-refractivity contribution in [2.24, 2.45) is 0 Å². The van der Waals surface area contributed by atoms with Crippen LogP contribution >= 0.6 is 11.6 Å². The first-order valence-corrected chi connectivity index (χ1v) is 6.70. The lowest BCUT2D eigenvalue weighted by Crippen LogP contribution is -2.32. The number of hydrogen-bond acceptors (Lipinski definition) is 2. The van der Waals surface area contributed by atoms with Crippen LogP contribution < -0.4 is 10.1 Å². The standard InChI is InChI=1S/C14H20ClNO/c1-14(2,9-16-10-15)12-5-6-13-11(8-12)4-3-7-17-13/h5-6,8,16H,3-4,7,9-10H2,1-2H3. The van der Waals surface area contributed by atoms with Gasteiger partial charge in [-0.2, -0.15) is 0 Å². The van der Waals surface area contributed by atoms with Gasteiger partial charge in [0.15, 0.2) is 0 Å². The Bertz CT molecular complexity index is 390. The number of alkyl halides is 1. The summed E-state index contributed by atoms with van der Waals surface area (Å²) in [6.45, 7) is 6.20. The van der Waals surface area contributed by atoms with Crippen molar-refractivity contribution in [1.29, 1.82) is 0 Å². The fraction of sp³-hybridized carbons (Fsp3) is 0.571. The first kappa shape index (κ1) is 12.7. The van der Waals surface area contributed by atoms with Crippen LogP contribution in [0.25, 0.3) is 0 Å². The van der Waals surface area contributed by atoms with Crippen LogP contribution in [0.3, 0.4) is 0 Å². The van der Waals surface area contributed by atoms with E-state index in [1.165, 1.54) is 11.1 Å². The number of aryl methyl sites for hydroxylation is 1. The molecule has 0 fully saturated rings. The number of hydrogen-bond donors (Lipinski definition) is 1. The lowest BCUT2D eigenvalue weighted by atomic mass is 9.83. The third kappa shape index (κ3) is 2.93. The minimum Gasteiger partial charge on any atom is -0.493 e. The molecule has 3 heteroatoms. The van der Waals surface area contributed by atoms with Crippen molar-refractivity contribution in [3.05, 3.63) is 29.3 Å². The van der Waals surface area contributed by atoms with Crippen molar-refractivity contribution in [2.45, 2.75) is 32.1 Å². The second-order valence-electron chi connectivity index (χ2n) is 5.22. The van der Waals surface area contributed by atoms with E-state index >= 15 is 0 Å². The van der Waals surface area contributed by atoms with Gasteiger partial charge < -0.3 is 10.1 Å². The van der Waals surface area contributed by atoms with Crippen LogP contribution in [0.1, 0.15) is 31.4 Å². The average Bonchev–Trinajstić information content (AvgIpc) is 2.36. The molecule has 17 heavy (non-hydrogen) atoms. The summed E-state index contributed by atoms with van der Waals surface area (Å²) in [5.74, 6) is 1.06. The molecule has 0 amide bonds. The third-order valence-electron chi connectivity index (χ3n) is 3.35. The zero-order valence-corrected chi connectivity index (χ0v) is 11.3. The fourth-order valence-corrected chi connectivity index (χ4v) is 2.34. The number of halogens is 1. The molecule has 0 saturated carbocycles. The summed E-state index contributed by atoms with van der Waals surface area (Å²) in [5, 5.41) is 3.20. The largest absolute Gasteiger partial charge is 0.493 e. The van der Waals surface area contributed by atoms with Gasteiger partial charge in [0, 0.05) is 12.0 Å². The van der Waals surface area contributed by atoms with Crippen LogP contribution in [0.5, 0.6) is 5.75 Å². The highest BCUT2D eigenvalue weighted by Gasteiger charge is 2.22. The molecule has 1 aromatic carbocycles. The van der Waals surface area contributed by atoms with Crippen LogP contribution in [0, 0.1) is 0 Å². The Morgan fingerprint density at radius 1 is 1.41 bits per heavy atom. The van der Waals surface area contributed by atoms with Crippen molar-refractivity contribution in [2.75, 3.05) is 19.2 Å². The van der Waals surface area contributed by atoms with Gasteiger partial charge in [0.2, 0.25) is 0 Å². The zero-order chi connectivity index (χ0) is 12.3. The van der Waals surface area contributed by atoms with Gasteiger partial charge in [0.05, 0.1) is 12.6 Å². The smallest absolute Gasteiger partial charge is 0.122 e. The summed E-state index contributed by atoms with van der Waals surface area (Å²) in [4.78, 5) is 0. The van der Waals surface area contributed by atoms with E-state index in [4.69, 9.17) is 16.3 Å². The molecule has 2 nitrogen and oxygen atoms in total. The van der Waals surface area contributed by atoms with Gasteiger partial charge in [-0.1, -0.05) is 26.0 Å². The van der Waals surface area contributed by atoms with Gasteiger partial charge in [-0.05, 0) is 30.0 Å². The van der Waals surface area contributed by atoms with E-state index in [1.807, 2.05) is 0 Å². The van der Waals surface area contributed by atoms with E-state index in [9.17, 15) is 0 Å². The maximum atomic E-state index is 5.68. The number of nitrogens with one attached hydrogen (secondary N) is 1. The molecule has 94 valence electrons. The van der Waals surface area contributed by atoms with Gasteiger partial charge >= 0.3 is 0 Å². The summed E-state index contributed by atoms with van der Waals surface area (Å²) >= 11 is 5.68. The minimum atomic E-state index is 0.0986. The van der Waals surface area contributed by atoms with Crippen LogP contribution in [0.15, 0.2) is 18.2 Å².